The van der Waals surface area contributed by atoms with Gasteiger partial charge in [-0.2, -0.15) is 0 Å². The van der Waals surface area contributed by atoms with Gasteiger partial charge >= 0.3 is 5.97 Å². The predicted octanol–water partition coefficient (Wildman–Crippen LogP) is -0.134. The van der Waals surface area contributed by atoms with E-state index in [1.165, 1.54) is 19.3 Å². The Bertz CT molecular complexity index is 657. The zero-order chi connectivity index (χ0) is 18.8. The Morgan fingerprint density at radius 3 is 2.40 bits per heavy atom. The van der Waals surface area contributed by atoms with Crippen LogP contribution in [-0.4, -0.2) is 67.1 Å². The molecule has 0 spiro atoms. The average molecular weight is 354 g/mol. The van der Waals surface area contributed by atoms with Crippen LogP contribution in [0.25, 0.3) is 6.08 Å². The highest BCUT2D eigenvalue weighted by molar-refractivity contribution is 5.77. The lowest BCUT2D eigenvalue weighted by Gasteiger charge is -2.45. The number of aliphatic hydroxyl groups is 4. The second kappa shape index (κ2) is 7.01. The standard InChI is InChI=1S/C17H22O8/c1-25-12-7-10(4-5-11(12)18)3-2-6-17(24)13(19)8-16(23,15(21)22)9-14(17)20/h2-5,7,13-14,18-20,23-24H,6,8-9H2,1H3,(H,21,22)/b3-2+/t13-,14-,16?,17?/m1/s1. The summed E-state index contributed by atoms with van der Waals surface area (Å²) >= 11 is 0. The minimum absolute atomic E-state index is 0.0237. The van der Waals surface area contributed by atoms with E-state index in [4.69, 9.17) is 9.84 Å². The van der Waals surface area contributed by atoms with Crippen molar-refractivity contribution in [2.24, 2.45) is 0 Å². The first-order chi connectivity index (χ1) is 11.6. The Labute approximate surface area is 144 Å². The van der Waals surface area contributed by atoms with Crippen molar-refractivity contribution in [1.82, 2.24) is 0 Å². The van der Waals surface area contributed by atoms with E-state index in [0.717, 1.165) is 0 Å². The number of carboxylic acids is 1. The van der Waals surface area contributed by atoms with Crippen molar-refractivity contribution < 1.29 is 40.2 Å². The largest absolute Gasteiger partial charge is 0.504 e. The summed E-state index contributed by atoms with van der Waals surface area (Å²) in [6.07, 6.45) is -1.46. The van der Waals surface area contributed by atoms with Gasteiger partial charge in [0.25, 0.3) is 0 Å². The van der Waals surface area contributed by atoms with Gasteiger partial charge in [-0.15, -0.1) is 0 Å². The van der Waals surface area contributed by atoms with Crippen molar-refractivity contribution in [2.45, 2.75) is 42.7 Å². The average Bonchev–Trinajstić information content (AvgIpc) is 2.54. The number of rotatable bonds is 5. The maximum absolute atomic E-state index is 11.1. The topological polar surface area (TPSA) is 148 Å². The molecule has 1 aromatic rings. The van der Waals surface area contributed by atoms with Gasteiger partial charge in [0.05, 0.1) is 19.3 Å². The van der Waals surface area contributed by atoms with Crippen LogP contribution in [0.5, 0.6) is 11.5 Å². The summed E-state index contributed by atoms with van der Waals surface area (Å²) in [5, 5.41) is 59.1. The summed E-state index contributed by atoms with van der Waals surface area (Å²) in [6, 6.07) is 4.60. The molecule has 8 nitrogen and oxygen atoms in total. The van der Waals surface area contributed by atoms with E-state index in [9.17, 15) is 30.3 Å². The second-order valence-corrected chi connectivity index (χ2v) is 6.31. The fourth-order valence-corrected chi connectivity index (χ4v) is 2.93. The van der Waals surface area contributed by atoms with Crippen LogP contribution in [0.3, 0.4) is 0 Å². The molecule has 0 unspecified atom stereocenters. The Hall–Kier alpha value is -2.13. The number of benzene rings is 1. The summed E-state index contributed by atoms with van der Waals surface area (Å²) in [5.74, 6) is -1.31. The smallest absolute Gasteiger partial charge is 0.335 e. The van der Waals surface area contributed by atoms with Crippen molar-refractivity contribution >= 4 is 12.0 Å². The van der Waals surface area contributed by atoms with Crippen LogP contribution in [0.15, 0.2) is 24.3 Å². The molecule has 8 heteroatoms. The van der Waals surface area contributed by atoms with Crippen LogP contribution >= 0.6 is 0 Å². The van der Waals surface area contributed by atoms with Gasteiger partial charge in [0.1, 0.15) is 5.60 Å². The van der Waals surface area contributed by atoms with E-state index >= 15 is 0 Å². The number of aliphatic carboxylic acids is 1. The van der Waals surface area contributed by atoms with Crippen LogP contribution in [0, 0.1) is 0 Å². The SMILES string of the molecule is COc1cc(/C=C/CC2(O)[C@H](O)CC(O)(C(=O)O)C[C@H]2O)ccc1O. The third kappa shape index (κ3) is 3.77. The molecular formula is C17H22O8. The summed E-state index contributed by atoms with van der Waals surface area (Å²) in [4.78, 5) is 11.1. The lowest BCUT2D eigenvalue weighted by atomic mass is 9.70. The molecule has 1 aromatic carbocycles. The van der Waals surface area contributed by atoms with Gasteiger partial charge in [0, 0.05) is 12.8 Å². The number of methoxy groups -OCH3 is 1. The number of aromatic hydroxyl groups is 1. The molecule has 25 heavy (non-hydrogen) atoms. The third-order valence-corrected chi connectivity index (χ3v) is 4.57. The lowest BCUT2D eigenvalue weighted by molar-refractivity contribution is -0.218. The summed E-state index contributed by atoms with van der Waals surface area (Å²) < 4.78 is 4.98. The molecule has 0 bridgehead atoms. The number of carboxylic acid groups (broad SMARTS) is 1. The molecule has 1 aliphatic rings. The Balaban J connectivity index is 2.12. The van der Waals surface area contributed by atoms with Crippen LogP contribution in [0.2, 0.25) is 0 Å². The molecule has 0 aromatic heterocycles. The highest BCUT2D eigenvalue weighted by Gasteiger charge is 2.55. The highest BCUT2D eigenvalue weighted by atomic mass is 16.5. The van der Waals surface area contributed by atoms with Crippen molar-refractivity contribution in [3.05, 3.63) is 29.8 Å². The first kappa shape index (κ1) is 19.2. The third-order valence-electron chi connectivity index (χ3n) is 4.57. The van der Waals surface area contributed by atoms with Gasteiger partial charge in [-0.25, -0.2) is 4.79 Å². The molecule has 6 N–H and O–H groups in total. The normalized spacial score (nSPS) is 32.7. The summed E-state index contributed by atoms with van der Waals surface area (Å²) in [5.41, 5.74) is -3.60. The molecule has 0 heterocycles. The van der Waals surface area contributed by atoms with Gasteiger partial charge in [0.2, 0.25) is 0 Å². The van der Waals surface area contributed by atoms with E-state index in [2.05, 4.69) is 0 Å². The molecule has 1 fully saturated rings. The number of phenolic OH excluding ortho intramolecular Hbond substituents is 1. The zero-order valence-corrected chi connectivity index (χ0v) is 13.7. The molecule has 2 atom stereocenters. The number of ether oxygens (including phenoxy) is 1. The summed E-state index contributed by atoms with van der Waals surface area (Å²) in [6.45, 7) is 0. The monoisotopic (exact) mass is 354 g/mol. The van der Waals surface area contributed by atoms with Gasteiger partial charge in [-0.3, -0.25) is 0 Å². The van der Waals surface area contributed by atoms with Crippen molar-refractivity contribution in [3.8, 4) is 11.5 Å². The van der Waals surface area contributed by atoms with E-state index in [1.807, 2.05) is 0 Å². The predicted molar refractivity (Wildman–Crippen MR) is 87.1 cm³/mol. The quantitative estimate of drug-likeness (QED) is 0.428. The van der Waals surface area contributed by atoms with Crippen LogP contribution < -0.4 is 4.74 Å². The van der Waals surface area contributed by atoms with Crippen LogP contribution in [0.1, 0.15) is 24.8 Å². The minimum Gasteiger partial charge on any atom is -0.504 e. The lowest BCUT2D eigenvalue weighted by Crippen LogP contribution is -2.63. The first-order valence-electron chi connectivity index (χ1n) is 7.70. The van der Waals surface area contributed by atoms with Crippen molar-refractivity contribution in [3.63, 3.8) is 0 Å². The minimum atomic E-state index is -2.28. The van der Waals surface area contributed by atoms with Crippen molar-refractivity contribution in [2.75, 3.05) is 7.11 Å². The Morgan fingerprint density at radius 2 is 1.88 bits per heavy atom. The number of hydrogen-bond acceptors (Lipinski definition) is 7. The molecule has 0 saturated heterocycles. The van der Waals surface area contributed by atoms with Crippen molar-refractivity contribution in [1.29, 1.82) is 0 Å². The van der Waals surface area contributed by atoms with Gasteiger partial charge in [-0.05, 0) is 24.1 Å². The Morgan fingerprint density at radius 1 is 1.28 bits per heavy atom. The number of phenols is 1. The maximum Gasteiger partial charge on any atom is 0.335 e. The molecular weight excluding hydrogens is 332 g/mol. The van der Waals surface area contributed by atoms with Gasteiger partial charge < -0.3 is 35.4 Å². The molecule has 138 valence electrons. The molecule has 1 saturated carbocycles. The molecule has 0 aliphatic heterocycles. The van der Waals surface area contributed by atoms with Gasteiger partial charge in [0.15, 0.2) is 17.1 Å². The molecule has 2 rings (SSSR count). The zero-order valence-electron chi connectivity index (χ0n) is 13.7. The summed E-state index contributed by atoms with van der Waals surface area (Å²) in [7, 11) is 1.41. The number of aliphatic hydroxyl groups excluding tert-OH is 2. The van der Waals surface area contributed by atoms with E-state index in [0.29, 0.717) is 5.56 Å². The number of hydrogen-bond donors (Lipinski definition) is 6. The first-order valence-corrected chi connectivity index (χ1v) is 7.70. The molecule has 0 amide bonds. The second-order valence-electron chi connectivity index (χ2n) is 6.31. The van der Waals surface area contributed by atoms with E-state index in [1.54, 1.807) is 18.2 Å². The van der Waals surface area contributed by atoms with E-state index in [-0.39, 0.29) is 17.9 Å². The maximum atomic E-state index is 11.1. The molecule has 0 radical (unpaired) electrons. The fourth-order valence-electron chi connectivity index (χ4n) is 2.93. The van der Waals surface area contributed by atoms with E-state index < -0.39 is 42.2 Å². The highest BCUT2D eigenvalue weighted by Crippen LogP contribution is 2.38. The van der Waals surface area contributed by atoms with Gasteiger partial charge in [-0.1, -0.05) is 18.2 Å². The number of carbonyl (C=O) groups is 1. The Kier molecular flexibility index (Phi) is 5.38. The molecule has 1 aliphatic carbocycles. The van der Waals surface area contributed by atoms with Crippen LogP contribution in [0.4, 0.5) is 0 Å². The fraction of sp³-hybridized carbons (Fsp3) is 0.471. The van der Waals surface area contributed by atoms with Crippen LogP contribution in [-0.2, 0) is 4.79 Å².